The van der Waals surface area contributed by atoms with Crippen molar-refractivity contribution >= 4 is 49.4 Å². The second-order valence-electron chi connectivity index (χ2n) is 4.30. The van der Waals surface area contributed by atoms with E-state index in [0.29, 0.717) is 20.3 Å². The van der Waals surface area contributed by atoms with Gasteiger partial charge in [-0.15, -0.1) is 0 Å². The predicted octanol–water partition coefficient (Wildman–Crippen LogP) is 4.17. The molecule has 0 aliphatic heterocycles. The van der Waals surface area contributed by atoms with Gasteiger partial charge in [0.05, 0.1) is 18.4 Å². The molecular formula is C15H11Br2NO4. The van der Waals surface area contributed by atoms with Crippen molar-refractivity contribution in [3.63, 3.8) is 0 Å². The highest BCUT2D eigenvalue weighted by Gasteiger charge is 2.17. The lowest BCUT2D eigenvalue weighted by Crippen LogP contribution is -2.15. The van der Waals surface area contributed by atoms with Gasteiger partial charge in [-0.3, -0.25) is 4.79 Å². The van der Waals surface area contributed by atoms with E-state index in [4.69, 9.17) is 4.74 Å². The van der Waals surface area contributed by atoms with Crippen molar-refractivity contribution in [2.24, 2.45) is 0 Å². The first kappa shape index (κ1) is 16.5. The third-order valence-corrected chi connectivity index (χ3v) is 3.96. The number of carboxylic acid groups (broad SMARTS) is 1. The van der Waals surface area contributed by atoms with Crippen molar-refractivity contribution in [3.8, 4) is 5.75 Å². The molecule has 0 radical (unpaired) electrons. The van der Waals surface area contributed by atoms with Gasteiger partial charge in [0.15, 0.2) is 0 Å². The van der Waals surface area contributed by atoms with E-state index in [1.165, 1.54) is 13.2 Å². The number of methoxy groups -OCH3 is 1. The molecule has 2 aromatic rings. The zero-order chi connectivity index (χ0) is 16.3. The van der Waals surface area contributed by atoms with Gasteiger partial charge in [0, 0.05) is 14.5 Å². The molecule has 0 heterocycles. The Morgan fingerprint density at radius 3 is 2.32 bits per heavy atom. The number of carbonyl (C=O) groups excluding carboxylic acids is 1. The standard InChI is InChI=1S/C15H11Br2NO4/c1-22-10-4-2-8(3-5-10)14(19)18-13-11(15(20)21)6-9(16)7-12(13)17/h2-7H,1H3,(H,18,19)(H,20,21). The number of aromatic carboxylic acids is 1. The molecule has 5 nitrogen and oxygen atoms in total. The Morgan fingerprint density at radius 2 is 1.77 bits per heavy atom. The van der Waals surface area contributed by atoms with E-state index in [1.54, 1.807) is 30.3 Å². The van der Waals surface area contributed by atoms with E-state index in [-0.39, 0.29) is 11.3 Å². The van der Waals surface area contributed by atoms with Crippen LogP contribution in [0.2, 0.25) is 0 Å². The number of ether oxygens (including phenoxy) is 1. The van der Waals surface area contributed by atoms with E-state index in [9.17, 15) is 14.7 Å². The molecule has 0 spiro atoms. The van der Waals surface area contributed by atoms with Crippen LogP contribution in [0.5, 0.6) is 5.75 Å². The van der Waals surface area contributed by atoms with Crippen LogP contribution in [0.15, 0.2) is 45.3 Å². The zero-order valence-corrected chi connectivity index (χ0v) is 14.6. The van der Waals surface area contributed by atoms with Crippen LogP contribution in [0.4, 0.5) is 5.69 Å². The van der Waals surface area contributed by atoms with Crippen LogP contribution in [0.25, 0.3) is 0 Å². The molecule has 0 atom stereocenters. The van der Waals surface area contributed by atoms with Gasteiger partial charge in [0.2, 0.25) is 0 Å². The normalized spacial score (nSPS) is 10.1. The lowest BCUT2D eigenvalue weighted by molar-refractivity contribution is 0.0698. The Hall–Kier alpha value is -1.86. The number of carbonyl (C=O) groups is 2. The monoisotopic (exact) mass is 427 g/mol. The number of hydrogen-bond acceptors (Lipinski definition) is 3. The number of hydrogen-bond donors (Lipinski definition) is 2. The Morgan fingerprint density at radius 1 is 1.14 bits per heavy atom. The molecule has 7 heteroatoms. The summed E-state index contributed by atoms with van der Waals surface area (Å²) in [5, 5.41) is 11.9. The summed E-state index contributed by atoms with van der Waals surface area (Å²) in [6.07, 6.45) is 0. The number of nitrogens with one attached hydrogen (secondary N) is 1. The third-order valence-electron chi connectivity index (χ3n) is 2.88. The van der Waals surface area contributed by atoms with E-state index >= 15 is 0 Å². The minimum absolute atomic E-state index is 0.0110. The van der Waals surface area contributed by atoms with E-state index in [1.807, 2.05) is 0 Å². The first-order chi connectivity index (χ1) is 10.4. The summed E-state index contributed by atoms with van der Waals surface area (Å²) in [6, 6.07) is 9.60. The van der Waals surface area contributed by atoms with Crippen molar-refractivity contribution < 1.29 is 19.4 Å². The Kier molecular flexibility index (Phi) is 5.20. The molecule has 0 fully saturated rings. The summed E-state index contributed by atoms with van der Waals surface area (Å²) in [4.78, 5) is 23.6. The molecule has 114 valence electrons. The fourth-order valence-electron chi connectivity index (χ4n) is 1.80. The smallest absolute Gasteiger partial charge is 0.337 e. The van der Waals surface area contributed by atoms with Crippen molar-refractivity contribution in [1.29, 1.82) is 0 Å². The summed E-state index contributed by atoms with van der Waals surface area (Å²) in [5.74, 6) is -0.909. The van der Waals surface area contributed by atoms with Gasteiger partial charge >= 0.3 is 5.97 Å². The van der Waals surface area contributed by atoms with Gasteiger partial charge in [-0.25, -0.2) is 4.79 Å². The summed E-state index contributed by atoms with van der Waals surface area (Å²) < 4.78 is 6.10. The van der Waals surface area contributed by atoms with Gasteiger partial charge in [0.1, 0.15) is 5.75 Å². The van der Waals surface area contributed by atoms with Crippen LogP contribution < -0.4 is 10.1 Å². The predicted molar refractivity (Wildman–Crippen MR) is 89.7 cm³/mol. The molecule has 1 amide bonds. The van der Waals surface area contributed by atoms with Crippen LogP contribution in [0.3, 0.4) is 0 Å². The number of rotatable bonds is 4. The lowest BCUT2D eigenvalue weighted by Gasteiger charge is -2.11. The molecule has 0 aliphatic rings. The molecular weight excluding hydrogens is 418 g/mol. The first-order valence-electron chi connectivity index (χ1n) is 6.10. The maximum atomic E-state index is 12.2. The Bertz CT molecular complexity index is 729. The summed E-state index contributed by atoms with van der Waals surface area (Å²) in [5.41, 5.74) is 0.589. The summed E-state index contributed by atoms with van der Waals surface area (Å²) >= 11 is 6.48. The fourth-order valence-corrected chi connectivity index (χ4v) is 3.12. The lowest BCUT2D eigenvalue weighted by atomic mass is 10.1. The highest BCUT2D eigenvalue weighted by Crippen LogP contribution is 2.31. The van der Waals surface area contributed by atoms with E-state index in [2.05, 4.69) is 37.2 Å². The molecule has 0 saturated carbocycles. The van der Waals surface area contributed by atoms with E-state index < -0.39 is 11.9 Å². The molecule has 0 aliphatic carbocycles. The average molecular weight is 429 g/mol. The van der Waals surface area contributed by atoms with Crippen molar-refractivity contribution in [1.82, 2.24) is 0 Å². The van der Waals surface area contributed by atoms with Crippen LogP contribution in [0, 0.1) is 0 Å². The first-order valence-corrected chi connectivity index (χ1v) is 7.68. The number of halogens is 2. The van der Waals surface area contributed by atoms with E-state index in [0.717, 1.165) is 0 Å². The van der Waals surface area contributed by atoms with Gasteiger partial charge < -0.3 is 15.2 Å². The topological polar surface area (TPSA) is 75.6 Å². The molecule has 2 N–H and O–H groups in total. The highest BCUT2D eigenvalue weighted by atomic mass is 79.9. The zero-order valence-electron chi connectivity index (χ0n) is 11.4. The number of anilines is 1. The number of carboxylic acids is 1. The Balaban J connectivity index is 2.33. The van der Waals surface area contributed by atoms with Crippen LogP contribution >= 0.6 is 31.9 Å². The molecule has 0 saturated heterocycles. The van der Waals surface area contributed by atoms with Crippen LogP contribution in [-0.2, 0) is 0 Å². The van der Waals surface area contributed by atoms with Crippen molar-refractivity contribution in [3.05, 3.63) is 56.5 Å². The fraction of sp³-hybridized carbons (Fsp3) is 0.0667. The van der Waals surface area contributed by atoms with Gasteiger partial charge in [-0.05, 0) is 52.3 Å². The average Bonchev–Trinajstić information content (AvgIpc) is 2.49. The molecule has 2 rings (SSSR count). The second-order valence-corrected chi connectivity index (χ2v) is 6.07. The number of benzene rings is 2. The van der Waals surface area contributed by atoms with Gasteiger partial charge in [-0.1, -0.05) is 15.9 Å². The van der Waals surface area contributed by atoms with Gasteiger partial charge in [0.25, 0.3) is 5.91 Å². The number of amides is 1. The minimum Gasteiger partial charge on any atom is -0.497 e. The largest absolute Gasteiger partial charge is 0.497 e. The quantitative estimate of drug-likeness (QED) is 0.766. The maximum Gasteiger partial charge on any atom is 0.337 e. The molecule has 0 aromatic heterocycles. The third kappa shape index (κ3) is 3.66. The maximum absolute atomic E-state index is 12.2. The van der Waals surface area contributed by atoms with Crippen molar-refractivity contribution in [2.75, 3.05) is 12.4 Å². The highest BCUT2D eigenvalue weighted by molar-refractivity contribution is 9.11. The van der Waals surface area contributed by atoms with Crippen molar-refractivity contribution in [2.45, 2.75) is 0 Å². The molecule has 2 aromatic carbocycles. The molecule has 0 bridgehead atoms. The second kappa shape index (κ2) is 6.93. The molecule has 0 unspecified atom stereocenters. The Labute approximate surface area is 143 Å². The molecule has 22 heavy (non-hydrogen) atoms. The summed E-state index contributed by atoms with van der Waals surface area (Å²) in [6.45, 7) is 0. The summed E-state index contributed by atoms with van der Waals surface area (Å²) in [7, 11) is 1.53. The van der Waals surface area contributed by atoms with Crippen LogP contribution in [0.1, 0.15) is 20.7 Å². The van der Waals surface area contributed by atoms with Crippen LogP contribution in [-0.4, -0.2) is 24.1 Å². The SMILES string of the molecule is COc1ccc(C(=O)Nc2c(Br)cc(Br)cc2C(=O)O)cc1. The van der Waals surface area contributed by atoms with Gasteiger partial charge in [-0.2, -0.15) is 0 Å². The minimum atomic E-state index is -1.13.